The van der Waals surface area contributed by atoms with Gasteiger partial charge in [0, 0.05) is 37.3 Å². The highest BCUT2D eigenvalue weighted by Gasteiger charge is 2.30. The number of carbonyl (C=O) groups excluding carboxylic acids is 1. The van der Waals surface area contributed by atoms with Crippen LogP contribution in [0.25, 0.3) is 10.1 Å². The predicted octanol–water partition coefficient (Wildman–Crippen LogP) is 2.17. The van der Waals surface area contributed by atoms with Gasteiger partial charge in [-0.3, -0.25) is 4.79 Å². The molecule has 2 aromatic rings. The van der Waals surface area contributed by atoms with Crippen molar-refractivity contribution >= 4 is 27.3 Å². The SMILES string of the molecule is O=C(NCC1(O)CCOCC1)c1cc2ccccc2s1. The lowest BCUT2D eigenvalue weighted by Crippen LogP contribution is -2.46. The zero-order valence-electron chi connectivity index (χ0n) is 11.1. The highest BCUT2D eigenvalue weighted by atomic mass is 32.1. The quantitative estimate of drug-likeness (QED) is 0.911. The maximum atomic E-state index is 12.2. The molecule has 2 heterocycles. The predicted molar refractivity (Wildman–Crippen MR) is 79.2 cm³/mol. The van der Waals surface area contributed by atoms with Crippen molar-refractivity contribution in [1.82, 2.24) is 5.32 Å². The van der Waals surface area contributed by atoms with Crippen molar-refractivity contribution in [3.8, 4) is 0 Å². The lowest BCUT2D eigenvalue weighted by atomic mass is 9.94. The molecule has 5 heteroatoms. The molecule has 1 saturated heterocycles. The highest BCUT2D eigenvalue weighted by molar-refractivity contribution is 7.20. The molecule has 1 amide bonds. The molecule has 0 atom stereocenters. The van der Waals surface area contributed by atoms with E-state index in [0.717, 1.165) is 10.1 Å². The highest BCUT2D eigenvalue weighted by Crippen LogP contribution is 2.25. The molecule has 0 unspecified atom stereocenters. The number of fused-ring (bicyclic) bond motifs is 1. The van der Waals surface area contributed by atoms with Crippen molar-refractivity contribution < 1.29 is 14.6 Å². The van der Waals surface area contributed by atoms with Gasteiger partial charge in [0.25, 0.3) is 5.91 Å². The van der Waals surface area contributed by atoms with Crippen LogP contribution in [0.5, 0.6) is 0 Å². The van der Waals surface area contributed by atoms with E-state index in [4.69, 9.17) is 4.74 Å². The van der Waals surface area contributed by atoms with E-state index in [0.29, 0.717) is 30.9 Å². The summed E-state index contributed by atoms with van der Waals surface area (Å²) < 4.78 is 6.33. The van der Waals surface area contributed by atoms with Crippen LogP contribution in [0.4, 0.5) is 0 Å². The van der Waals surface area contributed by atoms with Crippen molar-refractivity contribution in [1.29, 1.82) is 0 Å². The first kappa shape index (κ1) is 13.5. The second-order valence-corrected chi connectivity index (χ2v) is 6.25. The van der Waals surface area contributed by atoms with Crippen LogP contribution in [-0.2, 0) is 4.74 Å². The van der Waals surface area contributed by atoms with E-state index in [1.807, 2.05) is 30.3 Å². The third-order valence-electron chi connectivity index (χ3n) is 3.65. The number of amides is 1. The second-order valence-electron chi connectivity index (χ2n) is 5.17. The van der Waals surface area contributed by atoms with Crippen LogP contribution in [0.3, 0.4) is 0 Å². The maximum absolute atomic E-state index is 12.2. The average molecular weight is 291 g/mol. The third kappa shape index (κ3) is 2.85. The van der Waals surface area contributed by atoms with Gasteiger partial charge in [-0.2, -0.15) is 0 Å². The zero-order valence-corrected chi connectivity index (χ0v) is 11.9. The summed E-state index contributed by atoms with van der Waals surface area (Å²) in [4.78, 5) is 12.8. The minimum atomic E-state index is -0.829. The van der Waals surface area contributed by atoms with E-state index in [1.165, 1.54) is 11.3 Å². The van der Waals surface area contributed by atoms with E-state index in [2.05, 4.69) is 5.32 Å². The van der Waals surface area contributed by atoms with E-state index >= 15 is 0 Å². The first-order chi connectivity index (χ1) is 9.66. The Bertz CT molecular complexity index is 583. The van der Waals surface area contributed by atoms with Gasteiger partial charge in [-0.25, -0.2) is 0 Å². The van der Waals surface area contributed by atoms with Gasteiger partial charge in [0.2, 0.25) is 0 Å². The van der Waals surface area contributed by atoms with Crippen molar-refractivity contribution in [2.45, 2.75) is 18.4 Å². The van der Waals surface area contributed by atoms with Gasteiger partial charge in [0.15, 0.2) is 0 Å². The third-order valence-corrected chi connectivity index (χ3v) is 4.77. The number of thiophene rings is 1. The second kappa shape index (κ2) is 5.52. The Hall–Kier alpha value is -1.43. The van der Waals surface area contributed by atoms with Crippen molar-refractivity contribution in [3.63, 3.8) is 0 Å². The number of carbonyl (C=O) groups is 1. The molecule has 1 aromatic heterocycles. The Morgan fingerprint density at radius 2 is 2.10 bits per heavy atom. The van der Waals surface area contributed by atoms with Crippen LogP contribution < -0.4 is 5.32 Å². The van der Waals surface area contributed by atoms with Gasteiger partial charge in [-0.1, -0.05) is 18.2 Å². The summed E-state index contributed by atoms with van der Waals surface area (Å²) in [5, 5.41) is 14.2. The van der Waals surface area contributed by atoms with Crippen LogP contribution in [0, 0.1) is 0 Å². The molecule has 0 spiro atoms. The maximum Gasteiger partial charge on any atom is 0.261 e. The molecule has 1 fully saturated rings. The molecule has 4 nitrogen and oxygen atoms in total. The number of benzene rings is 1. The van der Waals surface area contributed by atoms with Gasteiger partial charge in [-0.05, 0) is 17.5 Å². The van der Waals surface area contributed by atoms with Crippen molar-refractivity contribution in [2.24, 2.45) is 0 Å². The van der Waals surface area contributed by atoms with Crippen molar-refractivity contribution in [3.05, 3.63) is 35.2 Å². The number of ether oxygens (including phenoxy) is 1. The first-order valence-electron chi connectivity index (χ1n) is 6.73. The van der Waals surface area contributed by atoms with Crippen LogP contribution >= 0.6 is 11.3 Å². The fourth-order valence-electron chi connectivity index (χ4n) is 2.35. The summed E-state index contributed by atoms with van der Waals surface area (Å²) in [7, 11) is 0. The Balaban J connectivity index is 1.66. The van der Waals surface area contributed by atoms with E-state index in [9.17, 15) is 9.90 Å². The molecule has 0 saturated carbocycles. The van der Waals surface area contributed by atoms with Crippen LogP contribution in [0.1, 0.15) is 22.5 Å². The van der Waals surface area contributed by atoms with Crippen LogP contribution in [0.15, 0.2) is 30.3 Å². The first-order valence-corrected chi connectivity index (χ1v) is 7.55. The smallest absolute Gasteiger partial charge is 0.261 e. The van der Waals surface area contributed by atoms with Crippen molar-refractivity contribution in [2.75, 3.05) is 19.8 Å². The van der Waals surface area contributed by atoms with Gasteiger partial charge in [0.05, 0.1) is 10.5 Å². The van der Waals surface area contributed by atoms with Gasteiger partial charge >= 0.3 is 0 Å². The molecular weight excluding hydrogens is 274 g/mol. The Morgan fingerprint density at radius 3 is 2.85 bits per heavy atom. The van der Waals surface area contributed by atoms with Gasteiger partial charge < -0.3 is 15.2 Å². The standard InChI is InChI=1S/C15H17NO3S/c17-14(16-10-15(18)5-7-19-8-6-15)13-9-11-3-1-2-4-12(11)20-13/h1-4,9,18H,5-8,10H2,(H,16,17). The summed E-state index contributed by atoms with van der Waals surface area (Å²) in [6.07, 6.45) is 1.14. The number of hydrogen-bond acceptors (Lipinski definition) is 4. The van der Waals surface area contributed by atoms with Crippen LogP contribution in [-0.4, -0.2) is 36.4 Å². The molecular formula is C15H17NO3S. The molecule has 1 aromatic carbocycles. The topological polar surface area (TPSA) is 58.6 Å². The molecule has 0 aliphatic carbocycles. The van der Waals surface area contributed by atoms with Crippen LogP contribution in [0.2, 0.25) is 0 Å². The summed E-state index contributed by atoms with van der Waals surface area (Å²) in [6, 6.07) is 9.81. The fraction of sp³-hybridized carbons (Fsp3) is 0.400. The summed E-state index contributed by atoms with van der Waals surface area (Å²) in [6.45, 7) is 1.38. The Morgan fingerprint density at radius 1 is 1.35 bits per heavy atom. The molecule has 2 N–H and O–H groups in total. The number of nitrogens with one attached hydrogen (secondary N) is 1. The molecule has 0 bridgehead atoms. The van der Waals surface area contributed by atoms with E-state index in [1.54, 1.807) is 0 Å². The summed E-state index contributed by atoms with van der Waals surface area (Å²) in [5.74, 6) is -0.119. The molecule has 0 radical (unpaired) electrons. The Kier molecular flexibility index (Phi) is 3.74. The lowest BCUT2D eigenvalue weighted by Gasteiger charge is -2.31. The normalized spacial score (nSPS) is 18.1. The molecule has 1 aliphatic heterocycles. The largest absolute Gasteiger partial charge is 0.388 e. The minimum absolute atomic E-state index is 0.119. The number of rotatable bonds is 3. The van der Waals surface area contributed by atoms with Gasteiger partial charge in [-0.15, -0.1) is 11.3 Å². The fourth-order valence-corrected chi connectivity index (χ4v) is 3.33. The monoisotopic (exact) mass is 291 g/mol. The molecule has 3 rings (SSSR count). The minimum Gasteiger partial charge on any atom is -0.388 e. The van der Waals surface area contributed by atoms with Gasteiger partial charge in [0.1, 0.15) is 0 Å². The molecule has 20 heavy (non-hydrogen) atoms. The summed E-state index contributed by atoms with van der Waals surface area (Å²) >= 11 is 1.47. The molecule has 106 valence electrons. The summed E-state index contributed by atoms with van der Waals surface area (Å²) in [5.41, 5.74) is -0.829. The lowest BCUT2D eigenvalue weighted by molar-refractivity contribution is -0.0605. The zero-order chi connectivity index (χ0) is 14.0. The average Bonchev–Trinajstić information content (AvgIpc) is 2.89. The van der Waals surface area contributed by atoms with E-state index in [-0.39, 0.29) is 12.5 Å². The Labute approximate surface area is 121 Å². The number of aliphatic hydroxyl groups is 1. The van der Waals surface area contributed by atoms with E-state index < -0.39 is 5.60 Å². The number of hydrogen-bond donors (Lipinski definition) is 2. The molecule has 1 aliphatic rings.